The molecule has 1 atom stereocenters. The fraction of sp³-hybridized carbons (Fsp3) is 0.296. The molecule has 37 heavy (non-hydrogen) atoms. The van der Waals surface area contributed by atoms with Crippen LogP contribution >= 0.6 is 11.3 Å². The quantitative estimate of drug-likeness (QED) is 0.452. The number of hydrogen-bond donors (Lipinski definition) is 1. The number of carbonyl (C=O) groups excluding carboxylic acids is 1. The average Bonchev–Trinajstić information content (AvgIpc) is 3.19. The summed E-state index contributed by atoms with van der Waals surface area (Å²) in [5, 5.41) is 10.0. The average molecular weight is 525 g/mol. The highest BCUT2D eigenvalue weighted by atomic mass is 32.1. The van der Waals surface area contributed by atoms with Crippen LogP contribution in [0.3, 0.4) is 0 Å². The number of esters is 1. The van der Waals surface area contributed by atoms with Crippen molar-refractivity contribution in [3.8, 4) is 23.0 Å². The lowest BCUT2D eigenvalue weighted by Crippen LogP contribution is -2.40. The summed E-state index contributed by atoms with van der Waals surface area (Å²) in [7, 11) is 3.06. The summed E-state index contributed by atoms with van der Waals surface area (Å²) in [5.74, 6) is 0.812. The Kier molecular flexibility index (Phi) is 7.68. The topological polar surface area (TPSA) is 109 Å². The van der Waals surface area contributed by atoms with Gasteiger partial charge in [0.2, 0.25) is 0 Å². The number of hydrogen-bond acceptors (Lipinski definition) is 9. The monoisotopic (exact) mass is 524 g/mol. The second-order valence-electron chi connectivity index (χ2n) is 8.07. The molecule has 1 N–H and O–H groups in total. The number of nitrogens with zero attached hydrogens (tertiary/aromatic N) is 2. The van der Waals surface area contributed by atoms with Gasteiger partial charge in [-0.2, -0.15) is 0 Å². The Morgan fingerprint density at radius 3 is 2.57 bits per heavy atom. The SMILES string of the molecule is CCOC(=O)C1=C(C)N=c2s/c(=C\c3ccc(O)c(OCC)c3)c(=O)n2[C@@H]1c1ccc(OC)cc1OC. The maximum absolute atomic E-state index is 13.8. The summed E-state index contributed by atoms with van der Waals surface area (Å²) in [6, 6.07) is 9.27. The number of phenols is 1. The summed E-state index contributed by atoms with van der Waals surface area (Å²) in [4.78, 5) is 31.9. The zero-order valence-corrected chi connectivity index (χ0v) is 22.0. The number of aromatic nitrogens is 1. The van der Waals surface area contributed by atoms with Crippen molar-refractivity contribution >= 4 is 23.4 Å². The number of ether oxygens (including phenoxy) is 4. The fourth-order valence-electron chi connectivity index (χ4n) is 4.17. The summed E-state index contributed by atoms with van der Waals surface area (Å²) in [6.07, 6.45) is 1.71. The minimum Gasteiger partial charge on any atom is -0.504 e. The zero-order valence-electron chi connectivity index (χ0n) is 21.2. The molecule has 0 unspecified atom stereocenters. The van der Waals surface area contributed by atoms with Gasteiger partial charge in [0.1, 0.15) is 17.5 Å². The minimum absolute atomic E-state index is 0.0155. The van der Waals surface area contributed by atoms with Gasteiger partial charge in [-0.3, -0.25) is 9.36 Å². The largest absolute Gasteiger partial charge is 0.504 e. The fourth-order valence-corrected chi connectivity index (χ4v) is 5.22. The van der Waals surface area contributed by atoms with E-state index in [1.54, 1.807) is 57.4 Å². The van der Waals surface area contributed by atoms with E-state index in [9.17, 15) is 14.7 Å². The maximum Gasteiger partial charge on any atom is 0.338 e. The molecule has 0 saturated heterocycles. The van der Waals surface area contributed by atoms with Crippen LogP contribution in [0.1, 0.15) is 37.9 Å². The Hall–Kier alpha value is -4.05. The number of fused-ring (bicyclic) bond motifs is 1. The van der Waals surface area contributed by atoms with Gasteiger partial charge in [0.05, 0.1) is 43.2 Å². The molecule has 3 aromatic rings. The van der Waals surface area contributed by atoms with E-state index in [-0.39, 0.29) is 23.5 Å². The zero-order chi connectivity index (χ0) is 26.7. The number of thiazole rings is 1. The molecule has 0 bridgehead atoms. The van der Waals surface area contributed by atoms with Gasteiger partial charge >= 0.3 is 5.97 Å². The molecule has 10 heteroatoms. The molecule has 2 heterocycles. The van der Waals surface area contributed by atoms with Crippen molar-refractivity contribution in [2.45, 2.75) is 26.8 Å². The number of rotatable bonds is 8. The normalized spacial score (nSPS) is 15.2. The van der Waals surface area contributed by atoms with Gasteiger partial charge in [0, 0.05) is 11.6 Å². The molecule has 1 aromatic heterocycles. The highest BCUT2D eigenvalue weighted by Crippen LogP contribution is 2.37. The number of phenolic OH excluding ortho intramolecular Hbond substituents is 1. The molecule has 0 fully saturated rings. The second kappa shape index (κ2) is 10.9. The van der Waals surface area contributed by atoms with Crippen LogP contribution in [0.15, 0.2) is 57.5 Å². The van der Waals surface area contributed by atoms with Crippen molar-refractivity contribution in [2.75, 3.05) is 27.4 Å². The molecule has 0 amide bonds. The number of aromatic hydroxyl groups is 1. The third kappa shape index (κ3) is 4.97. The van der Waals surface area contributed by atoms with E-state index >= 15 is 0 Å². The van der Waals surface area contributed by atoms with Crippen molar-refractivity contribution in [1.29, 1.82) is 0 Å². The van der Waals surface area contributed by atoms with Crippen LogP contribution in [0.4, 0.5) is 0 Å². The van der Waals surface area contributed by atoms with Crippen LogP contribution in [0.25, 0.3) is 6.08 Å². The van der Waals surface area contributed by atoms with E-state index in [0.717, 1.165) is 0 Å². The van der Waals surface area contributed by atoms with Crippen LogP contribution in [0.2, 0.25) is 0 Å². The first-order chi connectivity index (χ1) is 17.8. The van der Waals surface area contributed by atoms with Crippen molar-refractivity contribution in [1.82, 2.24) is 4.57 Å². The Morgan fingerprint density at radius 2 is 1.89 bits per heavy atom. The molecule has 9 nitrogen and oxygen atoms in total. The van der Waals surface area contributed by atoms with Gasteiger partial charge in [-0.25, -0.2) is 9.79 Å². The molecule has 0 radical (unpaired) electrons. The number of allylic oxidation sites excluding steroid dienone is 1. The van der Waals surface area contributed by atoms with E-state index in [2.05, 4.69) is 4.99 Å². The van der Waals surface area contributed by atoms with Gasteiger partial charge < -0.3 is 24.1 Å². The predicted molar refractivity (Wildman–Crippen MR) is 139 cm³/mol. The first-order valence-electron chi connectivity index (χ1n) is 11.7. The van der Waals surface area contributed by atoms with E-state index in [1.807, 2.05) is 6.92 Å². The lowest BCUT2D eigenvalue weighted by molar-refractivity contribution is -0.139. The minimum atomic E-state index is -0.822. The van der Waals surface area contributed by atoms with Crippen LogP contribution in [0.5, 0.6) is 23.0 Å². The van der Waals surface area contributed by atoms with Gasteiger partial charge in [-0.05, 0) is 56.7 Å². The van der Waals surface area contributed by atoms with Crippen LogP contribution in [0, 0.1) is 0 Å². The molecule has 0 aliphatic carbocycles. The van der Waals surface area contributed by atoms with Crippen molar-refractivity contribution in [2.24, 2.45) is 4.99 Å². The number of benzene rings is 2. The first kappa shape index (κ1) is 26.0. The maximum atomic E-state index is 13.8. The Morgan fingerprint density at radius 1 is 1.11 bits per heavy atom. The van der Waals surface area contributed by atoms with Crippen LogP contribution < -0.4 is 29.1 Å². The molecule has 1 aliphatic heterocycles. The molecular formula is C27H28N2O7S. The summed E-state index contributed by atoms with van der Waals surface area (Å²) in [6.45, 7) is 5.83. The van der Waals surface area contributed by atoms with Crippen molar-refractivity contribution in [3.63, 3.8) is 0 Å². The van der Waals surface area contributed by atoms with Crippen molar-refractivity contribution in [3.05, 3.63) is 78.5 Å². The van der Waals surface area contributed by atoms with Crippen LogP contribution in [-0.4, -0.2) is 43.1 Å². The van der Waals surface area contributed by atoms with Gasteiger partial charge in [-0.15, -0.1) is 0 Å². The summed E-state index contributed by atoms with van der Waals surface area (Å²) >= 11 is 1.20. The number of carbonyl (C=O) groups is 1. The summed E-state index contributed by atoms with van der Waals surface area (Å²) in [5.41, 5.74) is 1.65. The van der Waals surface area contributed by atoms with E-state index in [0.29, 0.717) is 50.0 Å². The molecule has 194 valence electrons. The molecule has 4 rings (SSSR count). The van der Waals surface area contributed by atoms with E-state index in [4.69, 9.17) is 18.9 Å². The van der Waals surface area contributed by atoms with Gasteiger partial charge in [0.25, 0.3) is 5.56 Å². The number of methoxy groups -OCH3 is 2. The highest BCUT2D eigenvalue weighted by molar-refractivity contribution is 7.07. The summed E-state index contributed by atoms with van der Waals surface area (Å²) < 4.78 is 23.7. The third-order valence-corrected chi connectivity index (χ3v) is 6.82. The predicted octanol–water partition coefficient (Wildman–Crippen LogP) is 2.92. The first-order valence-corrected chi connectivity index (χ1v) is 12.5. The Balaban J connectivity index is 1.96. The van der Waals surface area contributed by atoms with Gasteiger partial charge in [-0.1, -0.05) is 17.4 Å². The standard InChI is InChI=1S/C27H28N2O7S/c1-6-35-21-12-16(8-11-19(21)30)13-22-25(31)29-24(18-10-9-17(33-4)14-20(18)34-5)23(26(32)36-7-2)15(3)28-27(29)37-22/h8-14,24,30H,6-7H2,1-5H3/b22-13-/t24-/m1/s1. The van der Waals surface area contributed by atoms with Gasteiger partial charge in [0.15, 0.2) is 16.3 Å². The lowest BCUT2D eigenvalue weighted by atomic mass is 9.95. The smallest absolute Gasteiger partial charge is 0.338 e. The molecule has 2 aromatic carbocycles. The van der Waals surface area contributed by atoms with Crippen molar-refractivity contribution < 1.29 is 28.8 Å². The van der Waals surface area contributed by atoms with E-state index in [1.165, 1.54) is 29.1 Å². The highest BCUT2D eigenvalue weighted by Gasteiger charge is 2.35. The Bertz CT molecular complexity index is 1550. The molecular weight excluding hydrogens is 496 g/mol. The molecule has 0 spiro atoms. The third-order valence-electron chi connectivity index (χ3n) is 5.83. The van der Waals surface area contributed by atoms with Crippen LogP contribution in [-0.2, 0) is 9.53 Å². The molecule has 1 aliphatic rings. The molecule has 0 saturated carbocycles. The van der Waals surface area contributed by atoms with E-state index < -0.39 is 12.0 Å². The lowest BCUT2D eigenvalue weighted by Gasteiger charge is -2.26. The Labute approximate surface area is 217 Å². The second-order valence-corrected chi connectivity index (χ2v) is 9.08.